The highest BCUT2D eigenvalue weighted by Gasteiger charge is 2.23. The summed E-state index contributed by atoms with van der Waals surface area (Å²) in [5, 5.41) is 4.96. The maximum absolute atomic E-state index is 12.1. The van der Waals surface area contributed by atoms with Crippen molar-refractivity contribution >= 4 is 17.9 Å². The summed E-state index contributed by atoms with van der Waals surface area (Å²) in [6.07, 6.45) is 3.82. The van der Waals surface area contributed by atoms with Gasteiger partial charge >= 0.3 is 12.0 Å². The van der Waals surface area contributed by atoms with Crippen LogP contribution in [0.4, 0.5) is 4.79 Å². The molecule has 1 aromatic carbocycles. The second-order valence-electron chi connectivity index (χ2n) is 6.36. The van der Waals surface area contributed by atoms with Crippen LogP contribution in [-0.4, -0.2) is 36.7 Å². The molecule has 142 valence electrons. The molecule has 0 saturated heterocycles. The topological polar surface area (TPSA) is 93.7 Å². The summed E-state index contributed by atoms with van der Waals surface area (Å²) in [5.41, 5.74) is 0.309. The number of carbonyl (C=O) groups excluding carboxylic acids is 3. The Balaban J connectivity index is 1.79. The molecule has 0 radical (unpaired) electrons. The minimum Gasteiger partial charge on any atom is -0.494 e. The zero-order chi connectivity index (χ0) is 18.9. The van der Waals surface area contributed by atoms with E-state index in [9.17, 15) is 14.4 Å². The van der Waals surface area contributed by atoms with Crippen LogP contribution < -0.4 is 15.4 Å². The van der Waals surface area contributed by atoms with Gasteiger partial charge in [-0.15, -0.1) is 0 Å². The van der Waals surface area contributed by atoms with E-state index in [-0.39, 0.29) is 6.04 Å². The summed E-state index contributed by atoms with van der Waals surface area (Å²) < 4.78 is 10.6. The number of imide groups is 1. The average Bonchev–Trinajstić information content (AvgIpc) is 3.12. The predicted octanol–water partition coefficient (Wildman–Crippen LogP) is 2.79. The van der Waals surface area contributed by atoms with Crippen molar-refractivity contribution in [3.63, 3.8) is 0 Å². The number of ether oxygens (including phenoxy) is 2. The predicted molar refractivity (Wildman–Crippen MR) is 96.0 cm³/mol. The Hall–Kier alpha value is -2.57. The molecule has 0 aromatic heterocycles. The molecular weight excluding hydrogens is 336 g/mol. The monoisotopic (exact) mass is 362 g/mol. The first-order valence-electron chi connectivity index (χ1n) is 9.04. The lowest BCUT2D eigenvalue weighted by atomic mass is 10.2. The van der Waals surface area contributed by atoms with Crippen molar-refractivity contribution < 1.29 is 23.9 Å². The van der Waals surface area contributed by atoms with Crippen LogP contribution in [0.2, 0.25) is 0 Å². The minimum absolute atomic E-state index is 0.106. The van der Waals surface area contributed by atoms with Gasteiger partial charge in [-0.3, -0.25) is 10.1 Å². The van der Waals surface area contributed by atoms with Crippen LogP contribution in [0.25, 0.3) is 0 Å². The quantitative estimate of drug-likeness (QED) is 0.728. The van der Waals surface area contributed by atoms with Crippen LogP contribution in [0, 0.1) is 0 Å². The van der Waals surface area contributed by atoms with Gasteiger partial charge in [-0.25, -0.2) is 9.59 Å². The molecular formula is C19H26N2O5. The summed E-state index contributed by atoms with van der Waals surface area (Å²) in [6.45, 7) is 4.03. The largest absolute Gasteiger partial charge is 0.494 e. The van der Waals surface area contributed by atoms with Gasteiger partial charge < -0.3 is 14.8 Å². The molecule has 0 spiro atoms. The number of benzene rings is 1. The van der Waals surface area contributed by atoms with Crippen LogP contribution in [0.5, 0.6) is 5.75 Å². The number of esters is 1. The number of nitrogens with one attached hydrogen (secondary N) is 2. The molecule has 26 heavy (non-hydrogen) atoms. The highest BCUT2D eigenvalue weighted by atomic mass is 16.5. The maximum Gasteiger partial charge on any atom is 0.338 e. The van der Waals surface area contributed by atoms with E-state index < -0.39 is 24.0 Å². The molecule has 1 fully saturated rings. The first kappa shape index (κ1) is 19.8. The highest BCUT2D eigenvalue weighted by Crippen LogP contribution is 2.17. The van der Waals surface area contributed by atoms with Crippen LogP contribution >= 0.6 is 0 Å². The second-order valence-corrected chi connectivity index (χ2v) is 6.36. The van der Waals surface area contributed by atoms with Gasteiger partial charge in [0.2, 0.25) is 0 Å². The maximum atomic E-state index is 12.1. The molecule has 2 N–H and O–H groups in total. The van der Waals surface area contributed by atoms with E-state index in [4.69, 9.17) is 9.47 Å². The third-order valence-electron chi connectivity index (χ3n) is 4.14. The van der Waals surface area contributed by atoms with E-state index in [0.29, 0.717) is 17.9 Å². The number of hydrogen-bond donors (Lipinski definition) is 2. The van der Waals surface area contributed by atoms with Crippen molar-refractivity contribution in [1.82, 2.24) is 10.6 Å². The fourth-order valence-corrected chi connectivity index (χ4v) is 2.69. The van der Waals surface area contributed by atoms with Gasteiger partial charge in [-0.05, 0) is 50.5 Å². The van der Waals surface area contributed by atoms with Crippen LogP contribution in [-0.2, 0) is 9.53 Å². The van der Waals surface area contributed by atoms with E-state index in [1.807, 2.05) is 6.92 Å². The van der Waals surface area contributed by atoms with Crippen LogP contribution in [0.15, 0.2) is 24.3 Å². The molecule has 1 aromatic rings. The Morgan fingerprint density at radius 1 is 1.15 bits per heavy atom. The fourth-order valence-electron chi connectivity index (χ4n) is 2.69. The molecule has 2 rings (SSSR count). The van der Waals surface area contributed by atoms with Crippen molar-refractivity contribution in [2.45, 2.75) is 58.1 Å². The molecule has 7 heteroatoms. The van der Waals surface area contributed by atoms with E-state index in [0.717, 1.165) is 32.1 Å². The molecule has 7 nitrogen and oxygen atoms in total. The van der Waals surface area contributed by atoms with Crippen molar-refractivity contribution in [3.05, 3.63) is 29.8 Å². The van der Waals surface area contributed by atoms with E-state index >= 15 is 0 Å². The van der Waals surface area contributed by atoms with Gasteiger partial charge in [0.25, 0.3) is 5.91 Å². The molecule has 0 aliphatic heterocycles. The van der Waals surface area contributed by atoms with Crippen molar-refractivity contribution in [1.29, 1.82) is 0 Å². The van der Waals surface area contributed by atoms with E-state index in [2.05, 4.69) is 10.6 Å². The Bertz CT molecular complexity index is 623. The van der Waals surface area contributed by atoms with Crippen LogP contribution in [0.1, 0.15) is 56.3 Å². The Morgan fingerprint density at radius 2 is 1.81 bits per heavy atom. The third-order valence-corrected chi connectivity index (χ3v) is 4.14. The molecule has 0 bridgehead atoms. The summed E-state index contributed by atoms with van der Waals surface area (Å²) in [5.74, 6) is -0.625. The molecule has 1 atom stereocenters. The van der Waals surface area contributed by atoms with Gasteiger partial charge in [0, 0.05) is 6.04 Å². The summed E-state index contributed by atoms with van der Waals surface area (Å²) in [6, 6.07) is 6.05. The van der Waals surface area contributed by atoms with Crippen LogP contribution in [0.3, 0.4) is 0 Å². The first-order chi connectivity index (χ1) is 12.5. The summed E-state index contributed by atoms with van der Waals surface area (Å²) in [7, 11) is 0. The third kappa shape index (κ3) is 6.06. The fraction of sp³-hybridized carbons (Fsp3) is 0.526. The van der Waals surface area contributed by atoms with Gasteiger partial charge in [0.15, 0.2) is 6.10 Å². The molecule has 3 amide bonds. The number of carbonyl (C=O) groups is 3. The number of amides is 3. The zero-order valence-corrected chi connectivity index (χ0v) is 15.2. The second kappa shape index (κ2) is 9.79. The smallest absolute Gasteiger partial charge is 0.338 e. The Kier molecular flexibility index (Phi) is 7.44. The summed E-state index contributed by atoms with van der Waals surface area (Å²) in [4.78, 5) is 35.9. The average molecular weight is 362 g/mol. The lowest BCUT2D eigenvalue weighted by Gasteiger charge is -2.15. The highest BCUT2D eigenvalue weighted by molar-refractivity contribution is 5.98. The SMILES string of the molecule is CCCOc1ccc(C(=O)O[C@@H](C)C(=O)NC(=O)NC2CCCC2)cc1. The zero-order valence-electron chi connectivity index (χ0n) is 15.2. The Morgan fingerprint density at radius 3 is 2.42 bits per heavy atom. The standard InChI is InChI=1S/C19H26N2O5/c1-3-12-25-16-10-8-14(9-11-16)18(23)26-13(2)17(22)21-19(24)20-15-6-4-5-7-15/h8-11,13,15H,3-7,12H2,1-2H3,(H2,20,21,22,24)/t13-/m0/s1. The lowest BCUT2D eigenvalue weighted by Crippen LogP contribution is -2.47. The van der Waals surface area contributed by atoms with Gasteiger partial charge in [0.1, 0.15) is 5.75 Å². The van der Waals surface area contributed by atoms with Crippen molar-refractivity contribution in [2.75, 3.05) is 6.61 Å². The van der Waals surface area contributed by atoms with Gasteiger partial charge in [-0.2, -0.15) is 0 Å². The Labute approximate surface area is 153 Å². The first-order valence-corrected chi connectivity index (χ1v) is 9.04. The molecule has 0 unspecified atom stereocenters. The van der Waals surface area contributed by atoms with Crippen molar-refractivity contribution in [2.24, 2.45) is 0 Å². The van der Waals surface area contributed by atoms with E-state index in [1.165, 1.54) is 6.92 Å². The van der Waals surface area contributed by atoms with Gasteiger partial charge in [0.05, 0.1) is 12.2 Å². The lowest BCUT2D eigenvalue weighted by molar-refractivity contribution is -0.127. The molecule has 1 aliphatic rings. The normalized spacial score (nSPS) is 15.2. The van der Waals surface area contributed by atoms with Gasteiger partial charge in [-0.1, -0.05) is 19.8 Å². The minimum atomic E-state index is -1.08. The number of urea groups is 1. The number of hydrogen-bond acceptors (Lipinski definition) is 5. The molecule has 0 heterocycles. The molecule has 1 saturated carbocycles. The summed E-state index contributed by atoms with van der Waals surface area (Å²) >= 11 is 0. The van der Waals surface area contributed by atoms with Crippen molar-refractivity contribution in [3.8, 4) is 5.75 Å². The molecule has 1 aliphatic carbocycles. The number of rotatable bonds is 7. The van der Waals surface area contributed by atoms with E-state index in [1.54, 1.807) is 24.3 Å².